The van der Waals surface area contributed by atoms with Crippen molar-refractivity contribution in [1.29, 1.82) is 0 Å². The van der Waals surface area contributed by atoms with E-state index < -0.39 is 5.82 Å². The van der Waals surface area contributed by atoms with Crippen LogP contribution < -0.4 is 5.32 Å². The molecule has 1 aromatic carbocycles. The molecule has 19 heavy (non-hydrogen) atoms. The van der Waals surface area contributed by atoms with Gasteiger partial charge in [-0.1, -0.05) is 25.8 Å². The largest absolute Gasteiger partial charge is 0.505 e. The molecule has 1 aromatic rings. The lowest BCUT2D eigenvalue weighted by atomic mass is 9.98. The Morgan fingerprint density at radius 3 is 2.74 bits per heavy atom. The van der Waals surface area contributed by atoms with Crippen molar-refractivity contribution in [2.24, 2.45) is 0 Å². The molecule has 1 heterocycles. The van der Waals surface area contributed by atoms with E-state index in [9.17, 15) is 9.50 Å². The fraction of sp³-hybridized carbons (Fsp3) is 0.600. The number of unbranched alkanes of at least 4 members (excludes halogenated alkanes) is 1. The molecule has 0 radical (unpaired) electrons. The molecule has 3 nitrogen and oxygen atoms in total. The Kier molecular flexibility index (Phi) is 5.16. The zero-order chi connectivity index (χ0) is 13.7. The lowest BCUT2D eigenvalue weighted by Gasteiger charge is -2.35. The Morgan fingerprint density at radius 1 is 1.37 bits per heavy atom. The van der Waals surface area contributed by atoms with Crippen molar-refractivity contribution in [2.45, 2.75) is 32.2 Å². The average Bonchev–Trinajstić information content (AvgIpc) is 2.44. The topological polar surface area (TPSA) is 35.5 Å². The molecular formula is C15H23FN2O. The zero-order valence-electron chi connectivity index (χ0n) is 11.5. The van der Waals surface area contributed by atoms with E-state index in [1.807, 2.05) is 6.07 Å². The third-order valence-electron chi connectivity index (χ3n) is 3.78. The molecule has 0 aromatic heterocycles. The van der Waals surface area contributed by atoms with Crippen molar-refractivity contribution in [3.8, 4) is 5.75 Å². The second kappa shape index (κ2) is 6.87. The first-order chi connectivity index (χ1) is 9.22. The Hall–Kier alpha value is -1.13. The van der Waals surface area contributed by atoms with Crippen molar-refractivity contribution in [1.82, 2.24) is 10.2 Å². The van der Waals surface area contributed by atoms with Crippen LogP contribution >= 0.6 is 0 Å². The summed E-state index contributed by atoms with van der Waals surface area (Å²) in [6.45, 7) is 6.15. The highest BCUT2D eigenvalue weighted by Gasteiger charge is 2.22. The molecule has 4 heteroatoms. The van der Waals surface area contributed by atoms with E-state index in [1.54, 1.807) is 0 Å². The van der Waals surface area contributed by atoms with Gasteiger partial charge >= 0.3 is 0 Å². The Morgan fingerprint density at radius 2 is 2.11 bits per heavy atom. The fourth-order valence-electron chi connectivity index (χ4n) is 2.68. The summed E-state index contributed by atoms with van der Waals surface area (Å²) in [5.74, 6) is -0.785. The van der Waals surface area contributed by atoms with E-state index in [-0.39, 0.29) is 11.8 Å². The van der Waals surface area contributed by atoms with E-state index in [0.717, 1.165) is 51.0 Å². The fourth-order valence-corrected chi connectivity index (χ4v) is 2.68. The zero-order valence-corrected chi connectivity index (χ0v) is 11.5. The van der Waals surface area contributed by atoms with E-state index in [1.165, 1.54) is 12.1 Å². The number of phenols is 1. The van der Waals surface area contributed by atoms with Crippen LogP contribution in [0.2, 0.25) is 0 Å². The van der Waals surface area contributed by atoms with Gasteiger partial charge in [-0.05, 0) is 24.1 Å². The summed E-state index contributed by atoms with van der Waals surface area (Å²) < 4.78 is 13.5. The van der Waals surface area contributed by atoms with Crippen LogP contribution in [0.25, 0.3) is 0 Å². The number of benzene rings is 1. The number of hydrogen-bond donors (Lipinski definition) is 2. The standard InChI is InChI=1S/C15H23FN2O/c1-2-3-4-14(18-9-7-17-8-10-18)12-5-6-15(19)13(16)11-12/h5-6,11,14,17,19H,2-4,7-10H2,1H3/t14-/m1/s1. The lowest BCUT2D eigenvalue weighted by molar-refractivity contribution is 0.163. The third-order valence-corrected chi connectivity index (χ3v) is 3.78. The number of phenolic OH excluding ortho intramolecular Hbond substituents is 1. The Labute approximate surface area is 114 Å². The third kappa shape index (κ3) is 3.67. The predicted molar refractivity (Wildman–Crippen MR) is 74.8 cm³/mol. The van der Waals surface area contributed by atoms with E-state index in [0.29, 0.717) is 0 Å². The lowest BCUT2D eigenvalue weighted by Crippen LogP contribution is -2.45. The number of aromatic hydroxyl groups is 1. The van der Waals surface area contributed by atoms with Crippen molar-refractivity contribution >= 4 is 0 Å². The van der Waals surface area contributed by atoms with Crippen molar-refractivity contribution in [3.05, 3.63) is 29.6 Å². The van der Waals surface area contributed by atoms with Gasteiger partial charge in [0, 0.05) is 32.2 Å². The Bertz CT molecular complexity index is 405. The smallest absolute Gasteiger partial charge is 0.165 e. The molecule has 1 fully saturated rings. The highest BCUT2D eigenvalue weighted by atomic mass is 19.1. The summed E-state index contributed by atoms with van der Waals surface area (Å²) in [4.78, 5) is 2.41. The van der Waals surface area contributed by atoms with Gasteiger partial charge in [-0.15, -0.1) is 0 Å². The Balaban J connectivity index is 2.17. The molecule has 0 unspecified atom stereocenters. The van der Waals surface area contributed by atoms with Crippen molar-refractivity contribution in [3.63, 3.8) is 0 Å². The number of piperazine rings is 1. The number of nitrogens with one attached hydrogen (secondary N) is 1. The van der Waals surface area contributed by atoms with Crippen LogP contribution in [0.3, 0.4) is 0 Å². The molecule has 2 rings (SSSR count). The van der Waals surface area contributed by atoms with Gasteiger partial charge in [0.25, 0.3) is 0 Å². The van der Waals surface area contributed by atoms with E-state index >= 15 is 0 Å². The van der Waals surface area contributed by atoms with Gasteiger partial charge in [-0.2, -0.15) is 0 Å². The van der Waals surface area contributed by atoms with E-state index in [2.05, 4.69) is 17.1 Å². The minimum Gasteiger partial charge on any atom is -0.505 e. The number of nitrogens with zero attached hydrogens (tertiary/aromatic N) is 1. The molecule has 2 N–H and O–H groups in total. The maximum Gasteiger partial charge on any atom is 0.165 e. The highest BCUT2D eigenvalue weighted by molar-refractivity contribution is 5.30. The van der Waals surface area contributed by atoms with Gasteiger partial charge < -0.3 is 10.4 Å². The first kappa shape index (κ1) is 14.3. The van der Waals surface area contributed by atoms with Crippen molar-refractivity contribution in [2.75, 3.05) is 26.2 Å². The van der Waals surface area contributed by atoms with Gasteiger partial charge in [-0.25, -0.2) is 4.39 Å². The average molecular weight is 266 g/mol. The molecule has 1 aliphatic rings. The van der Waals surface area contributed by atoms with Crippen LogP contribution in [-0.4, -0.2) is 36.2 Å². The van der Waals surface area contributed by atoms with Crippen molar-refractivity contribution < 1.29 is 9.50 Å². The summed E-state index contributed by atoms with van der Waals surface area (Å²) >= 11 is 0. The van der Waals surface area contributed by atoms with Crippen LogP contribution in [0, 0.1) is 5.82 Å². The summed E-state index contributed by atoms with van der Waals surface area (Å²) in [7, 11) is 0. The van der Waals surface area contributed by atoms with Crippen LogP contribution in [-0.2, 0) is 0 Å². The molecule has 0 bridgehead atoms. The van der Waals surface area contributed by atoms with Gasteiger partial charge in [0.1, 0.15) is 0 Å². The molecular weight excluding hydrogens is 243 g/mol. The van der Waals surface area contributed by atoms with Gasteiger partial charge in [-0.3, -0.25) is 4.90 Å². The number of halogens is 1. The minimum absolute atomic E-state index is 0.261. The normalized spacial score (nSPS) is 18.4. The quantitative estimate of drug-likeness (QED) is 0.860. The minimum atomic E-state index is -0.519. The number of hydrogen-bond acceptors (Lipinski definition) is 3. The SMILES string of the molecule is CCCC[C@H](c1ccc(O)c(F)c1)N1CCNCC1. The summed E-state index contributed by atoms with van der Waals surface area (Å²) in [5.41, 5.74) is 0.977. The number of rotatable bonds is 5. The molecule has 1 atom stereocenters. The van der Waals surface area contributed by atoms with Gasteiger partial charge in [0.05, 0.1) is 0 Å². The first-order valence-corrected chi connectivity index (χ1v) is 7.15. The monoisotopic (exact) mass is 266 g/mol. The molecule has 0 aliphatic carbocycles. The maximum absolute atomic E-state index is 13.5. The molecule has 0 saturated carbocycles. The van der Waals surface area contributed by atoms with Crippen LogP contribution in [0.15, 0.2) is 18.2 Å². The summed E-state index contributed by atoms with van der Waals surface area (Å²) in [6, 6.07) is 5.06. The second-order valence-electron chi connectivity index (χ2n) is 5.15. The summed E-state index contributed by atoms with van der Waals surface area (Å²) in [6.07, 6.45) is 3.32. The summed E-state index contributed by atoms with van der Waals surface area (Å²) in [5, 5.41) is 12.7. The highest BCUT2D eigenvalue weighted by Crippen LogP contribution is 2.29. The van der Waals surface area contributed by atoms with Crippen LogP contribution in [0.4, 0.5) is 4.39 Å². The molecule has 1 saturated heterocycles. The second-order valence-corrected chi connectivity index (χ2v) is 5.15. The predicted octanol–water partition coefficient (Wildman–Crippen LogP) is 2.67. The van der Waals surface area contributed by atoms with E-state index in [4.69, 9.17) is 0 Å². The first-order valence-electron chi connectivity index (χ1n) is 7.15. The molecule has 106 valence electrons. The molecule has 0 amide bonds. The van der Waals surface area contributed by atoms with Gasteiger partial charge in [0.2, 0.25) is 0 Å². The maximum atomic E-state index is 13.5. The molecule has 0 spiro atoms. The van der Waals surface area contributed by atoms with Crippen LogP contribution in [0.5, 0.6) is 5.75 Å². The van der Waals surface area contributed by atoms with Gasteiger partial charge in [0.15, 0.2) is 11.6 Å². The molecule has 1 aliphatic heterocycles. The van der Waals surface area contributed by atoms with Crippen LogP contribution in [0.1, 0.15) is 37.8 Å².